The van der Waals surface area contributed by atoms with Gasteiger partial charge in [-0.25, -0.2) is 0 Å². The lowest BCUT2D eigenvalue weighted by atomic mass is 10.0. The van der Waals surface area contributed by atoms with Crippen molar-refractivity contribution in [2.75, 3.05) is 0 Å². The number of hydrogen-bond donors (Lipinski definition) is 0. The highest BCUT2D eigenvalue weighted by molar-refractivity contribution is 7.13. The molecular weight excluding hydrogens is 372 g/mol. The Labute approximate surface area is 167 Å². The molecule has 0 fully saturated rings. The van der Waals surface area contributed by atoms with Gasteiger partial charge in [-0.3, -0.25) is 14.4 Å². The standard InChI is InChI=1S/C21H22N4O2S/c1-13-23-24-19-16(12-17(26)27-21(2,3)4)22-18(14-8-6-5-7-9-14)15-10-11-28-20(15)25(13)19/h5-11,16H,12H2,1-4H3/t16-/m0/s1. The van der Waals surface area contributed by atoms with E-state index in [2.05, 4.69) is 16.3 Å². The van der Waals surface area contributed by atoms with Crippen LogP contribution >= 0.6 is 11.3 Å². The minimum atomic E-state index is -0.546. The van der Waals surface area contributed by atoms with E-state index < -0.39 is 11.6 Å². The Morgan fingerprint density at radius 3 is 2.64 bits per heavy atom. The lowest BCUT2D eigenvalue weighted by Gasteiger charge is -2.20. The van der Waals surface area contributed by atoms with Crippen LogP contribution in [0.1, 0.15) is 56.0 Å². The number of fused-ring (bicyclic) bond motifs is 3. The van der Waals surface area contributed by atoms with Gasteiger partial charge < -0.3 is 4.74 Å². The van der Waals surface area contributed by atoms with Crippen molar-refractivity contribution >= 4 is 23.0 Å². The van der Waals surface area contributed by atoms with Crippen molar-refractivity contribution in [1.29, 1.82) is 0 Å². The number of carbonyl (C=O) groups excluding carboxylic acids is 1. The van der Waals surface area contributed by atoms with Crippen molar-refractivity contribution in [3.63, 3.8) is 0 Å². The molecule has 0 saturated carbocycles. The summed E-state index contributed by atoms with van der Waals surface area (Å²) in [5.41, 5.74) is 2.34. The minimum absolute atomic E-state index is 0.112. The van der Waals surface area contributed by atoms with E-state index in [0.29, 0.717) is 5.82 Å². The Morgan fingerprint density at radius 2 is 1.93 bits per heavy atom. The van der Waals surface area contributed by atoms with Crippen molar-refractivity contribution in [1.82, 2.24) is 14.8 Å². The van der Waals surface area contributed by atoms with Gasteiger partial charge >= 0.3 is 5.97 Å². The lowest BCUT2D eigenvalue weighted by molar-refractivity contribution is -0.155. The fourth-order valence-electron chi connectivity index (χ4n) is 3.29. The maximum atomic E-state index is 12.6. The van der Waals surface area contributed by atoms with E-state index in [9.17, 15) is 4.79 Å². The van der Waals surface area contributed by atoms with E-state index in [4.69, 9.17) is 9.73 Å². The molecule has 0 saturated heterocycles. The number of carbonyl (C=O) groups is 1. The molecule has 0 unspecified atom stereocenters. The van der Waals surface area contributed by atoms with Crippen molar-refractivity contribution in [2.24, 2.45) is 4.99 Å². The topological polar surface area (TPSA) is 69.4 Å². The molecule has 2 aromatic heterocycles. The Hall–Kier alpha value is -2.80. The Kier molecular flexibility index (Phi) is 4.63. The first-order valence-corrected chi connectivity index (χ1v) is 10.1. The number of benzene rings is 1. The molecule has 0 amide bonds. The minimum Gasteiger partial charge on any atom is -0.460 e. The molecule has 1 atom stereocenters. The van der Waals surface area contributed by atoms with Crippen LogP contribution in [0.2, 0.25) is 0 Å². The highest BCUT2D eigenvalue weighted by atomic mass is 32.1. The molecule has 7 heteroatoms. The summed E-state index contributed by atoms with van der Waals surface area (Å²) in [7, 11) is 0. The van der Waals surface area contributed by atoms with Gasteiger partial charge in [-0.1, -0.05) is 30.3 Å². The van der Waals surface area contributed by atoms with Crippen LogP contribution in [0, 0.1) is 6.92 Å². The fourth-order valence-corrected chi connectivity index (χ4v) is 4.24. The van der Waals surface area contributed by atoms with Crippen LogP contribution in [0.4, 0.5) is 0 Å². The van der Waals surface area contributed by atoms with Gasteiger partial charge in [0.15, 0.2) is 5.82 Å². The molecule has 0 radical (unpaired) electrons. The van der Waals surface area contributed by atoms with Crippen LogP contribution in [0.15, 0.2) is 46.8 Å². The van der Waals surface area contributed by atoms with Crippen LogP contribution in [0.3, 0.4) is 0 Å². The van der Waals surface area contributed by atoms with E-state index in [-0.39, 0.29) is 12.4 Å². The van der Waals surface area contributed by atoms with E-state index >= 15 is 0 Å². The van der Waals surface area contributed by atoms with E-state index in [0.717, 1.165) is 27.7 Å². The number of nitrogens with zero attached hydrogens (tertiary/aromatic N) is 4. The van der Waals surface area contributed by atoms with E-state index in [1.807, 2.05) is 68.0 Å². The smallest absolute Gasteiger partial charge is 0.308 e. The van der Waals surface area contributed by atoms with E-state index in [1.165, 1.54) is 0 Å². The van der Waals surface area contributed by atoms with Gasteiger partial charge in [0.2, 0.25) is 0 Å². The van der Waals surface area contributed by atoms with Gasteiger partial charge in [0.05, 0.1) is 12.1 Å². The Morgan fingerprint density at radius 1 is 1.18 bits per heavy atom. The predicted molar refractivity (Wildman–Crippen MR) is 109 cm³/mol. The molecular formula is C21H22N4O2S. The predicted octanol–water partition coefficient (Wildman–Crippen LogP) is 4.26. The highest BCUT2D eigenvalue weighted by Gasteiger charge is 2.31. The van der Waals surface area contributed by atoms with Crippen molar-refractivity contribution in [3.8, 4) is 5.00 Å². The Bertz CT molecular complexity index is 1040. The average Bonchev–Trinajstić information content (AvgIpc) is 3.21. The van der Waals surface area contributed by atoms with Crippen LogP contribution in [0.5, 0.6) is 0 Å². The fraction of sp³-hybridized carbons (Fsp3) is 0.333. The SMILES string of the molecule is Cc1nnc2n1-c1sccc1C(c1ccccc1)=N[C@H]2CC(=O)OC(C)(C)C. The number of esters is 1. The zero-order valence-corrected chi connectivity index (χ0v) is 17.2. The van der Waals surface area contributed by atoms with Crippen LogP contribution in [-0.2, 0) is 9.53 Å². The van der Waals surface area contributed by atoms with Gasteiger partial charge in [-0.15, -0.1) is 21.5 Å². The van der Waals surface area contributed by atoms with Crippen molar-refractivity contribution in [2.45, 2.75) is 45.8 Å². The number of aromatic nitrogens is 3. The molecule has 1 aliphatic heterocycles. The zero-order valence-electron chi connectivity index (χ0n) is 16.3. The molecule has 0 bridgehead atoms. The van der Waals surface area contributed by atoms with Crippen molar-refractivity contribution < 1.29 is 9.53 Å². The van der Waals surface area contributed by atoms with Crippen LogP contribution in [0.25, 0.3) is 5.00 Å². The summed E-state index contributed by atoms with van der Waals surface area (Å²) in [6, 6.07) is 11.6. The third-order valence-electron chi connectivity index (χ3n) is 4.36. The molecule has 1 aromatic carbocycles. The number of aliphatic imine (C=N–C) groups is 1. The largest absolute Gasteiger partial charge is 0.460 e. The second kappa shape index (κ2) is 6.98. The number of thiophene rings is 1. The number of aryl methyl sites for hydroxylation is 1. The van der Waals surface area contributed by atoms with Gasteiger partial charge in [0.25, 0.3) is 0 Å². The van der Waals surface area contributed by atoms with Crippen LogP contribution < -0.4 is 0 Å². The lowest BCUT2D eigenvalue weighted by Crippen LogP contribution is -2.25. The van der Waals surface area contributed by atoms with Gasteiger partial charge in [-0.05, 0) is 39.1 Å². The molecule has 0 aliphatic carbocycles. The second-order valence-corrected chi connectivity index (χ2v) is 8.62. The monoisotopic (exact) mass is 394 g/mol. The molecule has 6 nitrogen and oxygen atoms in total. The maximum Gasteiger partial charge on any atom is 0.308 e. The van der Waals surface area contributed by atoms with E-state index in [1.54, 1.807) is 11.3 Å². The molecule has 4 rings (SSSR count). The first-order valence-electron chi connectivity index (χ1n) is 9.19. The summed E-state index contributed by atoms with van der Waals surface area (Å²) >= 11 is 1.62. The normalized spacial score (nSPS) is 16.0. The third-order valence-corrected chi connectivity index (χ3v) is 5.26. The van der Waals surface area contributed by atoms with Crippen molar-refractivity contribution in [3.05, 3.63) is 64.6 Å². The molecule has 0 spiro atoms. The summed E-state index contributed by atoms with van der Waals surface area (Å²) in [6.07, 6.45) is 0.112. The summed E-state index contributed by atoms with van der Waals surface area (Å²) < 4.78 is 7.55. The maximum absolute atomic E-state index is 12.6. The van der Waals surface area contributed by atoms with Crippen LogP contribution in [-0.4, -0.2) is 32.0 Å². The molecule has 0 N–H and O–H groups in total. The summed E-state index contributed by atoms with van der Waals surface area (Å²) in [5, 5.41) is 11.7. The quantitative estimate of drug-likeness (QED) is 0.623. The number of ether oxygens (including phenoxy) is 1. The highest BCUT2D eigenvalue weighted by Crippen LogP contribution is 2.35. The molecule has 3 heterocycles. The number of hydrogen-bond acceptors (Lipinski definition) is 6. The second-order valence-electron chi connectivity index (χ2n) is 7.73. The summed E-state index contributed by atoms with van der Waals surface area (Å²) in [5.74, 6) is 1.14. The summed E-state index contributed by atoms with van der Waals surface area (Å²) in [6.45, 7) is 7.50. The molecule has 1 aliphatic rings. The molecule has 144 valence electrons. The average molecular weight is 395 g/mol. The first-order chi connectivity index (χ1) is 13.3. The Balaban J connectivity index is 1.84. The van der Waals surface area contributed by atoms with Gasteiger partial charge in [-0.2, -0.15) is 0 Å². The van der Waals surface area contributed by atoms with Gasteiger partial charge in [0.1, 0.15) is 22.5 Å². The van der Waals surface area contributed by atoms with Gasteiger partial charge in [0, 0.05) is 11.1 Å². The number of rotatable bonds is 3. The summed E-state index contributed by atoms with van der Waals surface area (Å²) in [4.78, 5) is 17.5. The third kappa shape index (κ3) is 3.49. The molecule has 28 heavy (non-hydrogen) atoms. The zero-order chi connectivity index (χ0) is 19.9. The first kappa shape index (κ1) is 18.6. The molecule has 3 aromatic rings.